The number of urea groups is 1. The second-order valence-electron chi connectivity index (χ2n) is 6.24. The minimum atomic E-state index is -0.123. The number of amides is 2. The molecule has 124 valence electrons. The van der Waals surface area contributed by atoms with Crippen LogP contribution in [-0.4, -0.2) is 48.7 Å². The van der Waals surface area contributed by atoms with E-state index < -0.39 is 0 Å². The van der Waals surface area contributed by atoms with Crippen LogP contribution in [-0.2, 0) is 9.53 Å². The van der Waals surface area contributed by atoms with Gasteiger partial charge in [0.15, 0.2) is 6.04 Å². The van der Waals surface area contributed by atoms with Crippen molar-refractivity contribution in [1.29, 1.82) is 0 Å². The van der Waals surface area contributed by atoms with E-state index in [1.54, 1.807) is 0 Å². The Bertz CT molecular complexity index is 563. The zero-order valence-corrected chi connectivity index (χ0v) is 13.4. The number of anilines is 1. The second kappa shape index (κ2) is 7.00. The standard InChI is InChI=1S/C17H23N3O3/c1-2-23-16(21)14-10-12-8-9-20(11-15(12)19-14)17(22)18-13-6-4-3-5-7-13/h3-7,12,14-15,19H,2,8-11H2,1H3,(H,18,22)/p+1/t12-,14-,15-/m0/s1. The number of ether oxygens (including phenoxy) is 1. The van der Waals surface area contributed by atoms with Crippen LogP contribution >= 0.6 is 0 Å². The SMILES string of the molecule is CCOC(=O)[C@@H]1C[C@@H]2CCN(C(=O)Nc3ccccc3)C[C@@H]2[NH2+]1. The van der Waals surface area contributed by atoms with E-state index in [9.17, 15) is 9.59 Å². The number of para-hydroxylation sites is 1. The summed E-state index contributed by atoms with van der Waals surface area (Å²) in [6.45, 7) is 3.67. The molecule has 0 radical (unpaired) electrons. The van der Waals surface area contributed by atoms with Crippen LogP contribution in [0.2, 0.25) is 0 Å². The Morgan fingerprint density at radius 3 is 2.87 bits per heavy atom. The van der Waals surface area contributed by atoms with Crippen LogP contribution in [0.5, 0.6) is 0 Å². The number of carbonyl (C=O) groups excluding carboxylic acids is 2. The molecule has 2 aliphatic rings. The van der Waals surface area contributed by atoms with Crippen LogP contribution in [0.25, 0.3) is 0 Å². The van der Waals surface area contributed by atoms with E-state index in [-0.39, 0.29) is 18.0 Å². The van der Waals surface area contributed by atoms with Gasteiger partial charge in [0, 0.05) is 24.6 Å². The molecule has 1 aromatic rings. The number of hydrogen-bond acceptors (Lipinski definition) is 3. The van der Waals surface area contributed by atoms with Crippen LogP contribution in [0.1, 0.15) is 19.8 Å². The Labute approximate surface area is 136 Å². The van der Waals surface area contributed by atoms with Crippen molar-refractivity contribution >= 4 is 17.7 Å². The average molecular weight is 318 g/mol. The van der Waals surface area contributed by atoms with E-state index in [1.807, 2.05) is 42.2 Å². The first-order chi connectivity index (χ1) is 11.2. The van der Waals surface area contributed by atoms with Gasteiger partial charge in [-0.1, -0.05) is 18.2 Å². The number of hydrogen-bond donors (Lipinski definition) is 2. The predicted octanol–water partition coefficient (Wildman–Crippen LogP) is 0.808. The fourth-order valence-corrected chi connectivity index (χ4v) is 3.58. The van der Waals surface area contributed by atoms with Crippen molar-refractivity contribution in [3.8, 4) is 0 Å². The normalized spacial score (nSPS) is 26.5. The van der Waals surface area contributed by atoms with Gasteiger partial charge >= 0.3 is 12.0 Å². The molecule has 0 saturated carbocycles. The second-order valence-corrected chi connectivity index (χ2v) is 6.24. The number of nitrogens with zero attached hydrogens (tertiary/aromatic N) is 1. The Morgan fingerprint density at radius 2 is 2.13 bits per heavy atom. The zero-order valence-electron chi connectivity index (χ0n) is 13.4. The van der Waals surface area contributed by atoms with E-state index in [0.717, 1.165) is 25.1 Å². The Morgan fingerprint density at radius 1 is 1.35 bits per heavy atom. The summed E-state index contributed by atoms with van der Waals surface area (Å²) in [5.41, 5.74) is 0.805. The maximum Gasteiger partial charge on any atom is 0.364 e. The molecule has 2 fully saturated rings. The predicted molar refractivity (Wildman–Crippen MR) is 85.9 cm³/mol. The molecule has 23 heavy (non-hydrogen) atoms. The number of carbonyl (C=O) groups is 2. The topological polar surface area (TPSA) is 75.2 Å². The summed E-state index contributed by atoms with van der Waals surface area (Å²) in [7, 11) is 0. The van der Waals surface area contributed by atoms with Gasteiger partial charge in [-0.15, -0.1) is 0 Å². The highest BCUT2D eigenvalue weighted by Gasteiger charge is 2.45. The third-order valence-corrected chi connectivity index (χ3v) is 4.74. The lowest BCUT2D eigenvalue weighted by atomic mass is 9.91. The number of piperidine rings is 1. The number of rotatable bonds is 3. The van der Waals surface area contributed by atoms with Gasteiger partial charge in [-0.2, -0.15) is 0 Å². The molecule has 2 aliphatic heterocycles. The van der Waals surface area contributed by atoms with E-state index >= 15 is 0 Å². The minimum Gasteiger partial charge on any atom is -0.462 e. The summed E-state index contributed by atoms with van der Waals surface area (Å²) in [5, 5.41) is 5.02. The van der Waals surface area contributed by atoms with Crippen molar-refractivity contribution < 1.29 is 19.6 Å². The van der Waals surface area contributed by atoms with Gasteiger partial charge in [-0.25, -0.2) is 9.59 Å². The van der Waals surface area contributed by atoms with Crippen LogP contribution in [0.15, 0.2) is 30.3 Å². The van der Waals surface area contributed by atoms with Crippen molar-refractivity contribution in [3.63, 3.8) is 0 Å². The monoisotopic (exact) mass is 318 g/mol. The minimum absolute atomic E-state index is 0.0670. The van der Waals surface area contributed by atoms with Crippen LogP contribution in [0, 0.1) is 5.92 Å². The highest BCUT2D eigenvalue weighted by atomic mass is 16.5. The average Bonchev–Trinajstić information content (AvgIpc) is 2.99. The number of nitrogens with two attached hydrogens (primary N) is 1. The molecule has 3 N–H and O–H groups in total. The van der Waals surface area contributed by atoms with Crippen molar-refractivity contribution in [1.82, 2.24) is 4.90 Å². The van der Waals surface area contributed by atoms with Crippen molar-refractivity contribution in [2.45, 2.75) is 31.8 Å². The molecule has 0 bridgehead atoms. The number of fused-ring (bicyclic) bond motifs is 1. The van der Waals surface area contributed by atoms with Gasteiger partial charge in [-0.3, -0.25) is 0 Å². The quantitative estimate of drug-likeness (QED) is 0.810. The zero-order chi connectivity index (χ0) is 16.2. The van der Waals surface area contributed by atoms with E-state index in [0.29, 0.717) is 25.1 Å². The fourth-order valence-electron chi connectivity index (χ4n) is 3.58. The molecule has 2 amide bonds. The molecular weight excluding hydrogens is 294 g/mol. The maximum atomic E-state index is 12.4. The molecule has 2 heterocycles. The molecule has 1 aromatic carbocycles. The molecule has 0 unspecified atom stereocenters. The van der Waals surface area contributed by atoms with E-state index in [1.165, 1.54) is 0 Å². The van der Waals surface area contributed by atoms with Gasteiger partial charge in [0.25, 0.3) is 0 Å². The summed E-state index contributed by atoms with van der Waals surface area (Å²) in [6.07, 6.45) is 1.80. The number of nitrogens with one attached hydrogen (secondary N) is 1. The molecule has 3 atom stereocenters. The van der Waals surface area contributed by atoms with Gasteiger partial charge in [0.1, 0.15) is 6.04 Å². The maximum absolute atomic E-state index is 12.4. The van der Waals surface area contributed by atoms with Gasteiger partial charge in [0.05, 0.1) is 13.2 Å². The number of likely N-dealkylation sites (tertiary alicyclic amines) is 1. The molecule has 0 aromatic heterocycles. The van der Waals surface area contributed by atoms with E-state index in [4.69, 9.17) is 4.74 Å². The van der Waals surface area contributed by atoms with Crippen LogP contribution in [0.3, 0.4) is 0 Å². The van der Waals surface area contributed by atoms with Crippen molar-refractivity contribution in [3.05, 3.63) is 30.3 Å². The molecule has 6 heteroatoms. The lowest BCUT2D eigenvalue weighted by Crippen LogP contribution is -2.95. The summed E-state index contributed by atoms with van der Waals surface area (Å²) >= 11 is 0. The molecule has 3 rings (SSSR count). The Balaban J connectivity index is 1.55. The number of quaternary nitrogens is 1. The van der Waals surface area contributed by atoms with Crippen molar-refractivity contribution in [2.24, 2.45) is 5.92 Å². The summed E-state index contributed by atoms with van der Waals surface area (Å²) in [5.74, 6) is 0.368. The number of esters is 1. The molecule has 6 nitrogen and oxygen atoms in total. The highest BCUT2D eigenvalue weighted by molar-refractivity contribution is 5.89. The van der Waals surface area contributed by atoms with Gasteiger partial charge in [-0.05, 0) is 25.5 Å². The lowest BCUT2D eigenvalue weighted by molar-refractivity contribution is -0.694. The first kappa shape index (κ1) is 15.8. The summed E-state index contributed by atoms with van der Waals surface area (Å²) in [6, 6.07) is 9.59. The van der Waals surface area contributed by atoms with Gasteiger partial charge < -0.3 is 20.3 Å². The van der Waals surface area contributed by atoms with Crippen LogP contribution in [0.4, 0.5) is 10.5 Å². The summed E-state index contributed by atoms with van der Waals surface area (Å²) in [4.78, 5) is 26.1. The largest absolute Gasteiger partial charge is 0.462 e. The fraction of sp³-hybridized carbons (Fsp3) is 0.529. The summed E-state index contributed by atoms with van der Waals surface area (Å²) < 4.78 is 5.12. The smallest absolute Gasteiger partial charge is 0.364 e. The number of benzene rings is 1. The highest BCUT2D eigenvalue weighted by Crippen LogP contribution is 2.25. The van der Waals surface area contributed by atoms with E-state index in [2.05, 4.69) is 10.6 Å². The Kier molecular flexibility index (Phi) is 4.81. The molecular formula is C17H24N3O3+. The van der Waals surface area contributed by atoms with Crippen molar-refractivity contribution in [2.75, 3.05) is 25.0 Å². The van der Waals surface area contributed by atoms with Crippen LogP contribution < -0.4 is 10.6 Å². The third-order valence-electron chi connectivity index (χ3n) is 4.74. The lowest BCUT2D eigenvalue weighted by Gasteiger charge is -2.32. The molecule has 0 spiro atoms. The third kappa shape index (κ3) is 3.64. The molecule has 2 saturated heterocycles. The Hall–Kier alpha value is -2.08. The first-order valence-electron chi connectivity index (χ1n) is 8.30. The first-order valence-corrected chi connectivity index (χ1v) is 8.30. The molecule has 0 aliphatic carbocycles. The van der Waals surface area contributed by atoms with Gasteiger partial charge in [0.2, 0.25) is 0 Å².